The fraction of sp³-hybridized carbons (Fsp3) is 0.333. The molecule has 1 aliphatic rings. The molecule has 94 valence electrons. The van der Waals surface area contributed by atoms with Crippen LogP contribution in [0.5, 0.6) is 0 Å². The molecule has 1 atom stereocenters. The van der Waals surface area contributed by atoms with Gasteiger partial charge in [0.1, 0.15) is 0 Å². The molecule has 0 saturated heterocycles. The van der Waals surface area contributed by atoms with Crippen LogP contribution in [0.15, 0.2) is 30.4 Å². The minimum absolute atomic E-state index is 0.235. The molecule has 0 fully saturated rings. The number of nitro groups is 2. The monoisotopic (exact) mass is 248 g/mol. The molecule has 0 bridgehead atoms. The Morgan fingerprint density at radius 2 is 1.67 bits per heavy atom. The molecule has 2 rings (SSSR count). The SMILES string of the molecule is C[C@]1(c2cc([N+](=O)[O-])cc([N+](=O)[O-])c2)C=CCC1. The molecule has 0 aliphatic heterocycles. The summed E-state index contributed by atoms with van der Waals surface area (Å²) in [6.45, 7) is 1.93. The third-order valence-corrected chi connectivity index (χ3v) is 3.30. The van der Waals surface area contributed by atoms with E-state index in [1.165, 1.54) is 12.1 Å². The van der Waals surface area contributed by atoms with Crippen LogP contribution in [-0.2, 0) is 5.41 Å². The second-order valence-electron chi connectivity index (χ2n) is 4.61. The zero-order chi connectivity index (χ0) is 13.3. The van der Waals surface area contributed by atoms with Gasteiger partial charge in [-0.15, -0.1) is 0 Å². The van der Waals surface area contributed by atoms with Gasteiger partial charge in [0.05, 0.1) is 15.9 Å². The minimum Gasteiger partial charge on any atom is -0.258 e. The minimum atomic E-state index is -0.599. The lowest BCUT2D eigenvalue weighted by Gasteiger charge is -2.21. The predicted octanol–water partition coefficient (Wildman–Crippen LogP) is 3.11. The first-order valence-corrected chi connectivity index (χ1v) is 5.54. The summed E-state index contributed by atoms with van der Waals surface area (Å²) < 4.78 is 0. The van der Waals surface area contributed by atoms with Gasteiger partial charge in [0, 0.05) is 17.5 Å². The van der Waals surface area contributed by atoms with Crippen molar-refractivity contribution >= 4 is 11.4 Å². The number of benzene rings is 1. The van der Waals surface area contributed by atoms with Crippen LogP contribution in [0.1, 0.15) is 25.3 Å². The van der Waals surface area contributed by atoms with E-state index in [4.69, 9.17) is 0 Å². The van der Waals surface area contributed by atoms with Crippen LogP contribution in [0, 0.1) is 20.2 Å². The maximum Gasteiger partial charge on any atom is 0.276 e. The predicted molar refractivity (Wildman–Crippen MR) is 65.5 cm³/mol. The average molecular weight is 248 g/mol. The molecule has 0 aromatic heterocycles. The first kappa shape index (κ1) is 12.2. The van der Waals surface area contributed by atoms with Crippen LogP contribution in [0.2, 0.25) is 0 Å². The van der Waals surface area contributed by atoms with Gasteiger partial charge >= 0.3 is 0 Å². The van der Waals surface area contributed by atoms with Crippen molar-refractivity contribution < 1.29 is 9.85 Å². The molecule has 1 aromatic rings. The Morgan fingerprint density at radius 1 is 1.11 bits per heavy atom. The van der Waals surface area contributed by atoms with Crippen molar-refractivity contribution in [3.63, 3.8) is 0 Å². The lowest BCUT2D eigenvalue weighted by Crippen LogP contribution is -2.16. The molecule has 1 aromatic carbocycles. The van der Waals surface area contributed by atoms with E-state index in [-0.39, 0.29) is 16.8 Å². The van der Waals surface area contributed by atoms with Crippen LogP contribution in [0.4, 0.5) is 11.4 Å². The van der Waals surface area contributed by atoms with Gasteiger partial charge in [0.2, 0.25) is 0 Å². The molecule has 0 radical (unpaired) electrons. The molecule has 0 spiro atoms. The third kappa shape index (κ3) is 2.09. The average Bonchev–Trinajstić information content (AvgIpc) is 2.77. The van der Waals surface area contributed by atoms with E-state index in [1.807, 2.05) is 19.1 Å². The molecular weight excluding hydrogens is 236 g/mol. The van der Waals surface area contributed by atoms with Gasteiger partial charge in [-0.3, -0.25) is 20.2 Å². The molecular formula is C12H12N2O4. The van der Waals surface area contributed by atoms with Crippen molar-refractivity contribution in [1.29, 1.82) is 0 Å². The van der Waals surface area contributed by atoms with Gasteiger partial charge in [-0.1, -0.05) is 19.1 Å². The number of nitro benzene ring substituents is 2. The van der Waals surface area contributed by atoms with Crippen LogP contribution in [0.25, 0.3) is 0 Å². The maximum absolute atomic E-state index is 10.8. The van der Waals surface area contributed by atoms with E-state index < -0.39 is 9.85 Å². The third-order valence-electron chi connectivity index (χ3n) is 3.30. The summed E-state index contributed by atoms with van der Waals surface area (Å²) in [5.74, 6) is 0. The van der Waals surface area contributed by atoms with Crippen molar-refractivity contribution in [1.82, 2.24) is 0 Å². The van der Waals surface area contributed by atoms with Crippen LogP contribution < -0.4 is 0 Å². The van der Waals surface area contributed by atoms with Crippen LogP contribution in [0.3, 0.4) is 0 Å². The van der Waals surface area contributed by atoms with Gasteiger partial charge in [-0.25, -0.2) is 0 Å². The summed E-state index contributed by atoms with van der Waals surface area (Å²) in [6.07, 6.45) is 5.64. The summed E-state index contributed by atoms with van der Waals surface area (Å²) >= 11 is 0. The fourth-order valence-corrected chi connectivity index (χ4v) is 2.19. The summed E-state index contributed by atoms with van der Waals surface area (Å²) in [5, 5.41) is 21.6. The summed E-state index contributed by atoms with van der Waals surface area (Å²) in [5.41, 5.74) is -0.199. The normalized spacial score (nSPS) is 22.1. The van der Waals surface area contributed by atoms with E-state index in [0.717, 1.165) is 18.9 Å². The van der Waals surface area contributed by atoms with Gasteiger partial charge < -0.3 is 0 Å². The first-order chi connectivity index (χ1) is 8.42. The number of hydrogen-bond acceptors (Lipinski definition) is 4. The highest BCUT2D eigenvalue weighted by atomic mass is 16.6. The van der Waals surface area contributed by atoms with Gasteiger partial charge in [0.15, 0.2) is 0 Å². The van der Waals surface area contributed by atoms with Crippen LogP contribution in [-0.4, -0.2) is 9.85 Å². The maximum atomic E-state index is 10.8. The number of allylic oxidation sites excluding steroid dienone is 2. The highest BCUT2D eigenvalue weighted by molar-refractivity contribution is 5.50. The summed E-state index contributed by atoms with van der Waals surface area (Å²) in [6, 6.07) is 3.83. The van der Waals surface area contributed by atoms with Crippen molar-refractivity contribution in [3.05, 3.63) is 56.1 Å². The van der Waals surface area contributed by atoms with E-state index in [2.05, 4.69) is 0 Å². The van der Waals surface area contributed by atoms with E-state index in [9.17, 15) is 20.2 Å². The standard InChI is InChI=1S/C12H12N2O4/c1-12(4-2-3-5-12)9-6-10(13(15)16)8-11(7-9)14(17)18/h2,4,6-8H,3,5H2,1H3/t12-/m0/s1. The molecule has 6 heteroatoms. The lowest BCUT2D eigenvalue weighted by atomic mass is 9.82. The molecule has 0 N–H and O–H groups in total. The van der Waals surface area contributed by atoms with Gasteiger partial charge in [0.25, 0.3) is 11.4 Å². The highest BCUT2D eigenvalue weighted by Gasteiger charge is 2.30. The topological polar surface area (TPSA) is 86.3 Å². The Kier molecular flexibility index (Phi) is 2.86. The second-order valence-corrected chi connectivity index (χ2v) is 4.61. The molecule has 0 saturated carbocycles. The lowest BCUT2D eigenvalue weighted by molar-refractivity contribution is -0.394. The molecule has 0 amide bonds. The molecule has 0 unspecified atom stereocenters. The van der Waals surface area contributed by atoms with Gasteiger partial charge in [-0.05, 0) is 18.4 Å². The second kappa shape index (κ2) is 4.21. The fourth-order valence-electron chi connectivity index (χ4n) is 2.19. The molecule has 0 heterocycles. The zero-order valence-electron chi connectivity index (χ0n) is 9.83. The van der Waals surface area contributed by atoms with Crippen molar-refractivity contribution in [2.24, 2.45) is 0 Å². The number of non-ortho nitro benzene ring substituents is 2. The Morgan fingerprint density at radius 3 is 2.06 bits per heavy atom. The number of nitrogens with zero attached hydrogens (tertiary/aromatic N) is 2. The zero-order valence-corrected chi connectivity index (χ0v) is 9.83. The number of hydrogen-bond donors (Lipinski definition) is 0. The Hall–Kier alpha value is -2.24. The summed E-state index contributed by atoms with van der Waals surface area (Å²) in [7, 11) is 0. The molecule has 1 aliphatic carbocycles. The number of rotatable bonds is 3. The first-order valence-electron chi connectivity index (χ1n) is 5.54. The highest BCUT2D eigenvalue weighted by Crippen LogP contribution is 2.38. The Bertz CT molecular complexity index is 521. The van der Waals surface area contributed by atoms with E-state index in [1.54, 1.807) is 0 Å². The van der Waals surface area contributed by atoms with E-state index in [0.29, 0.717) is 5.56 Å². The van der Waals surface area contributed by atoms with Gasteiger partial charge in [-0.2, -0.15) is 0 Å². The van der Waals surface area contributed by atoms with E-state index >= 15 is 0 Å². The van der Waals surface area contributed by atoms with Crippen molar-refractivity contribution in [2.75, 3.05) is 0 Å². The molecule has 18 heavy (non-hydrogen) atoms. The Balaban J connectivity index is 2.56. The van der Waals surface area contributed by atoms with Crippen molar-refractivity contribution in [3.8, 4) is 0 Å². The van der Waals surface area contributed by atoms with Crippen LogP contribution >= 0.6 is 0 Å². The largest absolute Gasteiger partial charge is 0.276 e. The quantitative estimate of drug-likeness (QED) is 0.467. The smallest absolute Gasteiger partial charge is 0.258 e. The van der Waals surface area contributed by atoms with Crippen molar-refractivity contribution in [2.45, 2.75) is 25.2 Å². The molecule has 6 nitrogen and oxygen atoms in total. The summed E-state index contributed by atoms with van der Waals surface area (Å²) in [4.78, 5) is 20.4. The Labute approximate surface area is 103 Å².